The van der Waals surface area contributed by atoms with Crippen LogP contribution in [0.4, 0.5) is 5.69 Å². The number of para-hydroxylation sites is 1. The van der Waals surface area contributed by atoms with Gasteiger partial charge >= 0.3 is 0 Å². The van der Waals surface area contributed by atoms with Crippen LogP contribution in [-0.4, -0.2) is 12.5 Å². The Morgan fingerprint density at radius 2 is 2.04 bits per heavy atom. The fraction of sp³-hybridized carbons (Fsp3) is 0.200. The maximum atomic E-state index is 12.4. The molecule has 2 aromatic carbocycles. The molecule has 6 heteroatoms. The lowest BCUT2D eigenvalue weighted by molar-refractivity contribution is -0.112. The predicted molar refractivity (Wildman–Crippen MR) is 106 cm³/mol. The molecule has 0 saturated carbocycles. The summed E-state index contributed by atoms with van der Waals surface area (Å²) in [4.78, 5) is 12.4. The van der Waals surface area contributed by atoms with E-state index in [9.17, 15) is 10.1 Å². The van der Waals surface area contributed by atoms with Gasteiger partial charge in [0, 0.05) is 10.6 Å². The number of unbranched alkanes of at least 4 members (excludes halogenated alkanes) is 1. The molecule has 0 spiro atoms. The largest absolute Gasteiger partial charge is 0.493 e. The Morgan fingerprint density at radius 3 is 2.77 bits per heavy atom. The molecule has 4 nitrogen and oxygen atoms in total. The Labute approximate surface area is 163 Å². The smallest absolute Gasteiger partial charge is 0.266 e. The molecule has 134 valence electrons. The second-order valence-corrected chi connectivity index (χ2v) is 6.33. The van der Waals surface area contributed by atoms with Gasteiger partial charge in [0.25, 0.3) is 5.91 Å². The summed E-state index contributed by atoms with van der Waals surface area (Å²) in [7, 11) is 0. The summed E-state index contributed by atoms with van der Waals surface area (Å²) in [6, 6.07) is 13.9. The number of halogens is 2. The van der Waals surface area contributed by atoms with Gasteiger partial charge in [0.15, 0.2) is 0 Å². The minimum Gasteiger partial charge on any atom is -0.493 e. The number of carbonyl (C=O) groups is 1. The first-order valence-corrected chi connectivity index (χ1v) is 8.90. The van der Waals surface area contributed by atoms with E-state index in [1.54, 1.807) is 18.2 Å². The van der Waals surface area contributed by atoms with Gasteiger partial charge in [-0.15, -0.1) is 0 Å². The van der Waals surface area contributed by atoms with Crippen molar-refractivity contribution in [3.63, 3.8) is 0 Å². The van der Waals surface area contributed by atoms with Crippen LogP contribution in [0.15, 0.2) is 48.0 Å². The van der Waals surface area contributed by atoms with Crippen LogP contribution in [0.5, 0.6) is 5.75 Å². The molecular weight excluding hydrogens is 371 g/mol. The van der Waals surface area contributed by atoms with E-state index >= 15 is 0 Å². The molecule has 1 N–H and O–H groups in total. The molecule has 1 amide bonds. The molecule has 0 aromatic heterocycles. The van der Waals surface area contributed by atoms with Crippen molar-refractivity contribution in [2.24, 2.45) is 0 Å². The van der Waals surface area contributed by atoms with Crippen LogP contribution in [0, 0.1) is 11.3 Å². The van der Waals surface area contributed by atoms with Crippen LogP contribution in [-0.2, 0) is 4.79 Å². The molecule has 0 saturated heterocycles. The van der Waals surface area contributed by atoms with Gasteiger partial charge in [-0.05, 0) is 36.8 Å². The maximum Gasteiger partial charge on any atom is 0.266 e. The normalized spacial score (nSPS) is 10.9. The number of nitriles is 1. The molecule has 2 aromatic rings. The van der Waals surface area contributed by atoms with Crippen molar-refractivity contribution in [1.82, 2.24) is 0 Å². The summed E-state index contributed by atoms with van der Waals surface area (Å²) in [5.74, 6) is 0.0577. The lowest BCUT2D eigenvalue weighted by Gasteiger charge is -2.10. The van der Waals surface area contributed by atoms with Gasteiger partial charge in [-0.25, -0.2) is 0 Å². The minimum absolute atomic E-state index is 0.0624. The Morgan fingerprint density at radius 1 is 1.27 bits per heavy atom. The molecule has 0 aliphatic rings. The third-order valence-electron chi connectivity index (χ3n) is 3.52. The molecule has 0 atom stereocenters. The number of amides is 1. The highest BCUT2D eigenvalue weighted by molar-refractivity contribution is 6.36. The Kier molecular flexibility index (Phi) is 7.53. The maximum absolute atomic E-state index is 12.4. The first-order chi connectivity index (χ1) is 12.5. The summed E-state index contributed by atoms with van der Waals surface area (Å²) < 4.78 is 5.73. The van der Waals surface area contributed by atoms with Gasteiger partial charge in [0.05, 0.1) is 17.3 Å². The minimum atomic E-state index is -0.569. The van der Waals surface area contributed by atoms with Crippen molar-refractivity contribution in [1.29, 1.82) is 5.26 Å². The van der Waals surface area contributed by atoms with Crippen molar-refractivity contribution >= 4 is 40.9 Å². The van der Waals surface area contributed by atoms with Crippen LogP contribution < -0.4 is 10.1 Å². The lowest BCUT2D eigenvalue weighted by atomic mass is 10.1. The summed E-state index contributed by atoms with van der Waals surface area (Å²) in [6.45, 7) is 2.65. The summed E-state index contributed by atoms with van der Waals surface area (Å²) in [5.41, 5.74) is 0.942. The second-order valence-electron chi connectivity index (χ2n) is 5.49. The van der Waals surface area contributed by atoms with E-state index in [1.807, 2.05) is 24.3 Å². The summed E-state index contributed by atoms with van der Waals surface area (Å²) in [5, 5.41) is 12.8. The lowest BCUT2D eigenvalue weighted by Crippen LogP contribution is -2.13. The zero-order chi connectivity index (χ0) is 18.9. The molecular formula is C20H18Cl2N2O2. The van der Waals surface area contributed by atoms with E-state index in [4.69, 9.17) is 27.9 Å². The number of hydrogen-bond donors (Lipinski definition) is 1. The molecule has 0 radical (unpaired) electrons. The first-order valence-electron chi connectivity index (χ1n) is 8.15. The van der Waals surface area contributed by atoms with Crippen molar-refractivity contribution in [3.05, 3.63) is 63.6 Å². The fourth-order valence-electron chi connectivity index (χ4n) is 2.14. The van der Waals surface area contributed by atoms with E-state index in [0.29, 0.717) is 33.7 Å². The summed E-state index contributed by atoms with van der Waals surface area (Å²) in [6.07, 6.45) is 3.44. The zero-order valence-electron chi connectivity index (χ0n) is 14.3. The van der Waals surface area contributed by atoms with Crippen LogP contribution in [0.2, 0.25) is 10.0 Å². The Hall–Kier alpha value is -2.48. The van der Waals surface area contributed by atoms with E-state index in [0.717, 1.165) is 12.8 Å². The monoisotopic (exact) mass is 388 g/mol. The highest BCUT2D eigenvalue weighted by Crippen LogP contribution is 2.26. The van der Waals surface area contributed by atoms with Crippen LogP contribution >= 0.6 is 23.2 Å². The molecule has 2 rings (SSSR count). The number of rotatable bonds is 7. The molecule has 26 heavy (non-hydrogen) atoms. The van der Waals surface area contributed by atoms with Crippen molar-refractivity contribution in [2.45, 2.75) is 19.8 Å². The molecule has 0 aliphatic heterocycles. The second kappa shape index (κ2) is 9.86. The molecule has 0 heterocycles. The third-order valence-corrected chi connectivity index (χ3v) is 4.08. The van der Waals surface area contributed by atoms with Crippen LogP contribution in [0.1, 0.15) is 25.3 Å². The summed E-state index contributed by atoms with van der Waals surface area (Å²) >= 11 is 12.0. The van der Waals surface area contributed by atoms with Gasteiger partial charge < -0.3 is 10.1 Å². The number of anilines is 1. The first kappa shape index (κ1) is 19.8. The molecule has 0 unspecified atom stereocenters. The van der Waals surface area contributed by atoms with Gasteiger partial charge in [-0.3, -0.25) is 4.79 Å². The quantitative estimate of drug-likeness (QED) is 0.374. The van der Waals surface area contributed by atoms with Crippen LogP contribution in [0.25, 0.3) is 6.08 Å². The van der Waals surface area contributed by atoms with Gasteiger partial charge in [-0.2, -0.15) is 5.26 Å². The third kappa shape index (κ3) is 5.52. The highest BCUT2D eigenvalue weighted by Gasteiger charge is 2.13. The van der Waals surface area contributed by atoms with Gasteiger partial charge in [0.2, 0.25) is 0 Å². The number of benzene rings is 2. The van der Waals surface area contributed by atoms with E-state index in [2.05, 4.69) is 12.2 Å². The van der Waals surface area contributed by atoms with E-state index in [1.165, 1.54) is 12.1 Å². The standard InChI is InChI=1S/C20H18Cl2N2O2/c1-2-3-10-26-19-7-5-4-6-14(19)11-15(13-23)20(25)24-18-12-16(21)8-9-17(18)22/h4-9,11-12H,2-3,10H2,1H3,(H,24,25)/b15-11+. The average Bonchev–Trinajstić information content (AvgIpc) is 2.64. The molecule has 0 bridgehead atoms. The van der Waals surface area contributed by atoms with Crippen LogP contribution in [0.3, 0.4) is 0 Å². The Balaban J connectivity index is 2.23. The predicted octanol–water partition coefficient (Wildman–Crippen LogP) is 5.72. The van der Waals surface area contributed by atoms with Crippen molar-refractivity contribution in [2.75, 3.05) is 11.9 Å². The number of carbonyl (C=O) groups excluding carboxylic acids is 1. The van der Waals surface area contributed by atoms with Gasteiger partial charge in [0.1, 0.15) is 17.4 Å². The number of nitrogens with one attached hydrogen (secondary N) is 1. The van der Waals surface area contributed by atoms with E-state index in [-0.39, 0.29) is 5.57 Å². The van der Waals surface area contributed by atoms with Crippen molar-refractivity contribution < 1.29 is 9.53 Å². The van der Waals surface area contributed by atoms with Gasteiger partial charge in [-0.1, -0.05) is 54.7 Å². The Bertz CT molecular complexity index is 857. The van der Waals surface area contributed by atoms with E-state index < -0.39 is 5.91 Å². The number of ether oxygens (including phenoxy) is 1. The number of hydrogen-bond acceptors (Lipinski definition) is 3. The fourth-order valence-corrected chi connectivity index (χ4v) is 2.48. The van der Waals surface area contributed by atoms with Crippen molar-refractivity contribution in [3.8, 4) is 11.8 Å². The molecule has 0 fully saturated rings. The topological polar surface area (TPSA) is 62.1 Å². The number of nitrogens with zero attached hydrogens (tertiary/aromatic N) is 1. The highest BCUT2D eigenvalue weighted by atomic mass is 35.5. The molecule has 0 aliphatic carbocycles. The zero-order valence-corrected chi connectivity index (χ0v) is 15.8. The average molecular weight is 389 g/mol. The SMILES string of the molecule is CCCCOc1ccccc1/C=C(\C#N)C(=O)Nc1cc(Cl)ccc1Cl.